The molecule has 0 aliphatic carbocycles. The normalized spacial score (nSPS) is 28.1. The lowest BCUT2D eigenvalue weighted by atomic mass is 9.97. The molecule has 104 valence electrons. The number of halogens is 2. The highest BCUT2D eigenvalue weighted by Gasteiger charge is 2.33. The molecule has 0 bridgehead atoms. The minimum atomic E-state index is 0.269. The second-order valence-corrected chi connectivity index (χ2v) is 6.21. The Morgan fingerprint density at radius 1 is 1.26 bits per heavy atom. The van der Waals surface area contributed by atoms with Crippen molar-refractivity contribution in [3.8, 4) is 5.75 Å². The van der Waals surface area contributed by atoms with E-state index >= 15 is 0 Å². The second-order valence-electron chi connectivity index (χ2n) is 5.42. The predicted octanol–water partition coefficient (Wildman–Crippen LogP) is 2.85. The summed E-state index contributed by atoms with van der Waals surface area (Å²) >= 11 is 12.3. The zero-order valence-corrected chi connectivity index (χ0v) is 12.2. The van der Waals surface area contributed by atoms with E-state index < -0.39 is 0 Å². The number of nitrogens with zero attached hydrogens (tertiary/aromatic N) is 1. The van der Waals surface area contributed by atoms with Crippen LogP contribution in [0.15, 0.2) is 12.1 Å². The minimum absolute atomic E-state index is 0.269. The molecule has 1 aromatic carbocycles. The quantitative estimate of drug-likeness (QED) is 0.882. The summed E-state index contributed by atoms with van der Waals surface area (Å²) in [4.78, 5) is 2.50. The maximum Gasteiger partial charge on any atom is 0.120 e. The van der Waals surface area contributed by atoms with Gasteiger partial charge in [-0.1, -0.05) is 23.2 Å². The van der Waals surface area contributed by atoms with Gasteiger partial charge in [-0.15, -0.1) is 0 Å². The summed E-state index contributed by atoms with van der Waals surface area (Å²) in [5, 5.41) is 14.5. The van der Waals surface area contributed by atoms with Gasteiger partial charge in [-0.05, 0) is 38.1 Å². The lowest BCUT2D eigenvalue weighted by molar-refractivity contribution is 0.255. The molecular weight excluding hydrogens is 283 g/mol. The van der Waals surface area contributed by atoms with Crippen molar-refractivity contribution < 1.29 is 5.11 Å². The number of nitrogens with one attached hydrogen (secondary N) is 1. The molecule has 2 heterocycles. The molecule has 2 N–H and O–H groups in total. The number of benzene rings is 1. The van der Waals surface area contributed by atoms with Crippen molar-refractivity contribution in [3.63, 3.8) is 0 Å². The van der Waals surface area contributed by atoms with E-state index in [1.54, 1.807) is 12.1 Å². The zero-order chi connectivity index (χ0) is 13.4. The smallest absolute Gasteiger partial charge is 0.120 e. The highest BCUT2D eigenvalue weighted by molar-refractivity contribution is 6.42. The van der Waals surface area contributed by atoms with Crippen LogP contribution >= 0.6 is 23.2 Å². The highest BCUT2D eigenvalue weighted by Crippen LogP contribution is 2.41. The van der Waals surface area contributed by atoms with E-state index in [1.165, 1.54) is 6.42 Å². The molecule has 0 amide bonds. The van der Waals surface area contributed by atoms with Crippen LogP contribution < -0.4 is 5.32 Å². The molecule has 2 atom stereocenters. The van der Waals surface area contributed by atoms with Gasteiger partial charge in [-0.2, -0.15) is 0 Å². The van der Waals surface area contributed by atoms with E-state index in [1.807, 2.05) is 0 Å². The van der Waals surface area contributed by atoms with Crippen LogP contribution in [-0.4, -0.2) is 42.2 Å². The van der Waals surface area contributed by atoms with E-state index in [-0.39, 0.29) is 11.7 Å². The maximum absolute atomic E-state index is 10.1. The molecule has 0 aromatic heterocycles. The molecule has 3 rings (SSSR count). The standard InChI is InChI=1S/C14H18Cl2N2O/c15-11-1-2-12(19)13(14(11)16)9-4-6-18(8-9)10-3-5-17-7-10/h1-2,9-10,17,19H,3-8H2. The van der Waals surface area contributed by atoms with Gasteiger partial charge in [0.15, 0.2) is 0 Å². The number of hydrogen-bond donors (Lipinski definition) is 2. The molecule has 2 saturated heterocycles. The number of rotatable bonds is 2. The van der Waals surface area contributed by atoms with E-state index in [2.05, 4.69) is 10.2 Å². The maximum atomic E-state index is 10.1. The molecule has 19 heavy (non-hydrogen) atoms. The number of likely N-dealkylation sites (tertiary alicyclic amines) is 1. The Labute approximate surface area is 123 Å². The van der Waals surface area contributed by atoms with E-state index in [0.717, 1.165) is 38.2 Å². The highest BCUT2D eigenvalue weighted by atomic mass is 35.5. The van der Waals surface area contributed by atoms with Crippen molar-refractivity contribution in [3.05, 3.63) is 27.7 Å². The van der Waals surface area contributed by atoms with Gasteiger partial charge >= 0.3 is 0 Å². The van der Waals surface area contributed by atoms with Crippen LogP contribution in [-0.2, 0) is 0 Å². The second kappa shape index (κ2) is 5.49. The SMILES string of the molecule is Oc1ccc(Cl)c(Cl)c1C1CCN(C2CCNC2)C1. The molecule has 0 spiro atoms. The van der Waals surface area contributed by atoms with Crippen LogP contribution in [0.1, 0.15) is 24.3 Å². The van der Waals surface area contributed by atoms with Crippen molar-refractivity contribution in [2.24, 2.45) is 0 Å². The van der Waals surface area contributed by atoms with E-state index in [9.17, 15) is 5.11 Å². The summed E-state index contributed by atoms with van der Waals surface area (Å²) in [7, 11) is 0. The van der Waals surface area contributed by atoms with E-state index in [4.69, 9.17) is 23.2 Å². The number of phenols is 1. The van der Waals surface area contributed by atoms with Crippen LogP contribution in [0.3, 0.4) is 0 Å². The number of phenolic OH excluding ortho intramolecular Hbond substituents is 1. The Kier molecular flexibility index (Phi) is 3.90. The fraction of sp³-hybridized carbons (Fsp3) is 0.571. The molecule has 2 aliphatic rings. The van der Waals surface area contributed by atoms with Crippen LogP contribution in [0, 0.1) is 0 Å². The Bertz CT molecular complexity index is 475. The van der Waals surface area contributed by atoms with Crippen LogP contribution in [0.2, 0.25) is 10.0 Å². The first-order chi connectivity index (χ1) is 9.16. The summed E-state index contributed by atoms with van der Waals surface area (Å²) in [6.07, 6.45) is 2.24. The van der Waals surface area contributed by atoms with Crippen molar-refractivity contribution in [1.82, 2.24) is 10.2 Å². The summed E-state index contributed by atoms with van der Waals surface area (Å²) < 4.78 is 0. The third-order valence-electron chi connectivity index (χ3n) is 4.29. The average molecular weight is 301 g/mol. The third-order valence-corrected chi connectivity index (χ3v) is 5.11. The topological polar surface area (TPSA) is 35.5 Å². The first kappa shape index (κ1) is 13.5. The molecular formula is C14H18Cl2N2O. The fourth-order valence-corrected chi connectivity index (χ4v) is 3.73. The molecule has 1 aromatic rings. The minimum Gasteiger partial charge on any atom is -0.508 e. The predicted molar refractivity (Wildman–Crippen MR) is 78.3 cm³/mol. The van der Waals surface area contributed by atoms with Gasteiger partial charge in [-0.3, -0.25) is 4.90 Å². The largest absolute Gasteiger partial charge is 0.508 e. The van der Waals surface area contributed by atoms with Gasteiger partial charge in [0, 0.05) is 30.6 Å². The van der Waals surface area contributed by atoms with Gasteiger partial charge in [0.2, 0.25) is 0 Å². The van der Waals surface area contributed by atoms with Gasteiger partial charge in [0.25, 0.3) is 0 Å². The Morgan fingerprint density at radius 2 is 2.11 bits per heavy atom. The van der Waals surface area contributed by atoms with Gasteiger partial charge < -0.3 is 10.4 Å². The lowest BCUT2D eigenvalue weighted by Crippen LogP contribution is -2.34. The fourth-order valence-electron chi connectivity index (χ4n) is 3.25. The average Bonchev–Trinajstić information content (AvgIpc) is 3.04. The van der Waals surface area contributed by atoms with Gasteiger partial charge in [0.1, 0.15) is 5.75 Å². The molecule has 2 aliphatic heterocycles. The molecule has 0 saturated carbocycles. The summed E-state index contributed by atoms with van der Waals surface area (Å²) in [6, 6.07) is 3.92. The number of hydrogen-bond acceptors (Lipinski definition) is 3. The Hall–Kier alpha value is -0.480. The third kappa shape index (κ3) is 2.57. The van der Waals surface area contributed by atoms with Crippen LogP contribution in [0.5, 0.6) is 5.75 Å². The molecule has 2 unspecified atom stereocenters. The van der Waals surface area contributed by atoms with Gasteiger partial charge in [0.05, 0.1) is 10.0 Å². The molecule has 0 radical (unpaired) electrons. The van der Waals surface area contributed by atoms with E-state index in [0.29, 0.717) is 16.1 Å². The monoisotopic (exact) mass is 300 g/mol. The molecule has 5 heteroatoms. The van der Waals surface area contributed by atoms with Crippen molar-refractivity contribution in [1.29, 1.82) is 0 Å². The van der Waals surface area contributed by atoms with Crippen molar-refractivity contribution in [2.45, 2.75) is 24.8 Å². The molecule has 2 fully saturated rings. The summed E-state index contributed by atoms with van der Waals surface area (Å²) in [5.74, 6) is 0.553. The summed E-state index contributed by atoms with van der Waals surface area (Å²) in [5.41, 5.74) is 0.822. The molecule has 3 nitrogen and oxygen atoms in total. The van der Waals surface area contributed by atoms with Gasteiger partial charge in [-0.25, -0.2) is 0 Å². The Morgan fingerprint density at radius 3 is 2.84 bits per heavy atom. The Balaban J connectivity index is 1.79. The zero-order valence-electron chi connectivity index (χ0n) is 10.7. The lowest BCUT2D eigenvalue weighted by Gasteiger charge is -2.23. The van der Waals surface area contributed by atoms with Crippen molar-refractivity contribution in [2.75, 3.05) is 26.2 Å². The number of aromatic hydroxyl groups is 1. The van der Waals surface area contributed by atoms with Crippen molar-refractivity contribution >= 4 is 23.2 Å². The summed E-state index contributed by atoms with van der Waals surface area (Å²) in [6.45, 7) is 4.20. The van der Waals surface area contributed by atoms with Crippen LogP contribution in [0.25, 0.3) is 0 Å². The van der Waals surface area contributed by atoms with Crippen LogP contribution in [0.4, 0.5) is 0 Å². The first-order valence-electron chi connectivity index (χ1n) is 6.78. The first-order valence-corrected chi connectivity index (χ1v) is 7.54.